The molecule has 0 aromatic heterocycles. The van der Waals surface area contributed by atoms with Gasteiger partial charge in [0.05, 0.1) is 7.11 Å². The molecular formula is C15H17F2NO4S. The number of carbonyl (C=O) groups is 1. The summed E-state index contributed by atoms with van der Waals surface area (Å²) in [6, 6.07) is 4.66. The summed E-state index contributed by atoms with van der Waals surface area (Å²) in [7, 11) is 0.477. The molecule has 8 heteroatoms. The molecule has 0 saturated carbocycles. The van der Waals surface area contributed by atoms with Crippen molar-refractivity contribution in [1.29, 1.82) is 0 Å². The highest BCUT2D eigenvalue weighted by Gasteiger charge is 2.19. The molecule has 1 aliphatic rings. The van der Waals surface area contributed by atoms with Crippen LogP contribution in [0.25, 0.3) is 6.08 Å². The molecule has 0 unspecified atom stereocenters. The molecule has 1 heterocycles. The molecule has 0 atom stereocenters. The minimum absolute atomic E-state index is 0.117. The number of alkyl halides is 2. The molecule has 0 bridgehead atoms. The van der Waals surface area contributed by atoms with E-state index in [9.17, 15) is 17.8 Å². The summed E-state index contributed by atoms with van der Waals surface area (Å²) >= 11 is 0. The Kier molecular flexibility index (Phi) is 6.09. The molecule has 1 aliphatic heterocycles. The Morgan fingerprint density at radius 2 is 2.04 bits per heavy atom. The Balaban J connectivity index is 2.15. The number of hydrogen-bond acceptors (Lipinski definition) is 4. The van der Waals surface area contributed by atoms with E-state index < -0.39 is 17.4 Å². The molecule has 0 N–H and O–H groups in total. The standard InChI is InChI=1S/C15H17F2NO4S/c1-21-12-4-2-3-11(14(12)22-15(16)17)5-6-13(19)18-7-9-23(20)10-8-18/h2-6,15H,7-10H2,1H3/b6-5+. The molecule has 1 aromatic rings. The summed E-state index contributed by atoms with van der Waals surface area (Å²) in [6.45, 7) is -2.14. The van der Waals surface area contributed by atoms with Gasteiger partial charge in [-0.1, -0.05) is 12.1 Å². The van der Waals surface area contributed by atoms with E-state index in [-0.39, 0.29) is 17.4 Å². The lowest BCUT2D eigenvalue weighted by molar-refractivity contribution is -0.125. The van der Waals surface area contributed by atoms with Gasteiger partial charge in [-0.25, -0.2) is 0 Å². The van der Waals surface area contributed by atoms with E-state index in [0.717, 1.165) is 0 Å². The van der Waals surface area contributed by atoms with Gasteiger partial charge in [0.2, 0.25) is 5.91 Å². The van der Waals surface area contributed by atoms with Crippen LogP contribution in [0.5, 0.6) is 11.5 Å². The summed E-state index contributed by atoms with van der Waals surface area (Å²) in [4.78, 5) is 13.7. The first kappa shape index (κ1) is 17.4. The molecule has 23 heavy (non-hydrogen) atoms. The largest absolute Gasteiger partial charge is 0.493 e. The van der Waals surface area contributed by atoms with Crippen LogP contribution in [-0.4, -0.2) is 53.3 Å². The van der Waals surface area contributed by atoms with Gasteiger partial charge in [-0.2, -0.15) is 8.78 Å². The van der Waals surface area contributed by atoms with E-state index in [4.69, 9.17) is 4.74 Å². The van der Waals surface area contributed by atoms with E-state index in [2.05, 4.69) is 4.74 Å². The monoisotopic (exact) mass is 345 g/mol. The third-order valence-electron chi connectivity index (χ3n) is 3.33. The number of halogens is 2. The van der Waals surface area contributed by atoms with Crippen LogP contribution in [0.2, 0.25) is 0 Å². The number of rotatable bonds is 5. The van der Waals surface area contributed by atoms with Gasteiger partial charge in [-0.05, 0) is 12.1 Å². The lowest BCUT2D eigenvalue weighted by atomic mass is 10.1. The summed E-state index contributed by atoms with van der Waals surface area (Å²) in [6.07, 6.45) is 2.70. The highest BCUT2D eigenvalue weighted by molar-refractivity contribution is 7.85. The maximum atomic E-state index is 12.5. The fourth-order valence-electron chi connectivity index (χ4n) is 2.16. The fourth-order valence-corrected chi connectivity index (χ4v) is 3.22. The number of amides is 1. The Morgan fingerprint density at radius 1 is 1.35 bits per heavy atom. The number of ether oxygens (including phenoxy) is 2. The average molecular weight is 345 g/mol. The number of para-hydroxylation sites is 1. The Labute approximate surface area is 135 Å². The summed E-state index contributed by atoms with van der Waals surface area (Å²) < 4.78 is 45.8. The molecular weight excluding hydrogens is 328 g/mol. The zero-order chi connectivity index (χ0) is 16.8. The minimum atomic E-state index is -2.99. The smallest absolute Gasteiger partial charge is 0.387 e. The van der Waals surface area contributed by atoms with Crippen LogP contribution in [0.4, 0.5) is 8.78 Å². The van der Waals surface area contributed by atoms with Crippen molar-refractivity contribution in [1.82, 2.24) is 4.90 Å². The molecule has 1 fully saturated rings. The van der Waals surface area contributed by atoms with Gasteiger partial charge in [-0.15, -0.1) is 0 Å². The third kappa shape index (κ3) is 4.75. The van der Waals surface area contributed by atoms with E-state index in [1.54, 1.807) is 17.0 Å². The predicted molar refractivity (Wildman–Crippen MR) is 83.1 cm³/mol. The highest BCUT2D eigenvalue weighted by Crippen LogP contribution is 2.33. The summed E-state index contributed by atoms with van der Waals surface area (Å²) in [5, 5.41) is 0. The second kappa shape index (κ2) is 8.05. The van der Waals surface area contributed by atoms with Crippen LogP contribution in [0.3, 0.4) is 0 Å². The van der Waals surface area contributed by atoms with Crippen molar-refractivity contribution >= 4 is 22.8 Å². The Morgan fingerprint density at radius 3 is 2.65 bits per heavy atom. The molecule has 5 nitrogen and oxygen atoms in total. The van der Waals surface area contributed by atoms with Crippen molar-refractivity contribution in [2.24, 2.45) is 0 Å². The fraction of sp³-hybridized carbons (Fsp3) is 0.400. The van der Waals surface area contributed by atoms with Crippen LogP contribution in [0, 0.1) is 0 Å². The third-order valence-corrected chi connectivity index (χ3v) is 4.61. The average Bonchev–Trinajstić information content (AvgIpc) is 2.53. The number of methoxy groups -OCH3 is 1. The highest BCUT2D eigenvalue weighted by atomic mass is 32.2. The van der Waals surface area contributed by atoms with Crippen LogP contribution >= 0.6 is 0 Å². The van der Waals surface area contributed by atoms with Gasteiger partial charge < -0.3 is 14.4 Å². The zero-order valence-electron chi connectivity index (χ0n) is 12.5. The van der Waals surface area contributed by atoms with Gasteiger partial charge >= 0.3 is 6.61 Å². The quantitative estimate of drug-likeness (QED) is 0.765. The molecule has 0 aliphatic carbocycles. The van der Waals surface area contributed by atoms with Gasteiger partial charge in [0.25, 0.3) is 0 Å². The molecule has 1 aromatic carbocycles. The summed E-state index contributed by atoms with van der Waals surface area (Å²) in [5.41, 5.74) is 0.318. The van der Waals surface area contributed by atoms with Crippen molar-refractivity contribution in [3.05, 3.63) is 29.8 Å². The number of hydrogen-bond donors (Lipinski definition) is 0. The van der Waals surface area contributed by atoms with Gasteiger partial charge in [0.1, 0.15) is 0 Å². The Hall–Kier alpha value is -1.96. The first-order chi connectivity index (χ1) is 11.0. The maximum absolute atomic E-state index is 12.5. The molecule has 126 valence electrons. The minimum Gasteiger partial charge on any atom is -0.493 e. The van der Waals surface area contributed by atoms with Crippen molar-refractivity contribution in [3.63, 3.8) is 0 Å². The first-order valence-corrected chi connectivity index (χ1v) is 8.44. The van der Waals surface area contributed by atoms with Crippen molar-refractivity contribution in [3.8, 4) is 11.5 Å². The topological polar surface area (TPSA) is 55.8 Å². The second-order valence-corrected chi connectivity index (χ2v) is 6.46. The lowest BCUT2D eigenvalue weighted by Crippen LogP contribution is -2.40. The predicted octanol–water partition coefficient (Wildman–Crippen LogP) is 1.90. The SMILES string of the molecule is COc1cccc(/C=C/C(=O)N2CCS(=O)CC2)c1OC(F)F. The molecule has 0 spiro atoms. The van der Waals surface area contributed by atoms with Gasteiger partial charge in [0.15, 0.2) is 11.5 Å². The van der Waals surface area contributed by atoms with Gasteiger partial charge in [0, 0.05) is 47.0 Å². The number of nitrogens with zero attached hydrogens (tertiary/aromatic N) is 1. The van der Waals surface area contributed by atoms with Crippen LogP contribution in [0.15, 0.2) is 24.3 Å². The van der Waals surface area contributed by atoms with Gasteiger partial charge in [-0.3, -0.25) is 9.00 Å². The van der Waals surface area contributed by atoms with Crippen LogP contribution in [-0.2, 0) is 15.6 Å². The van der Waals surface area contributed by atoms with Crippen molar-refractivity contribution < 1.29 is 27.3 Å². The Bertz CT molecular complexity index is 611. The van der Waals surface area contributed by atoms with Crippen molar-refractivity contribution in [2.45, 2.75) is 6.61 Å². The second-order valence-electron chi connectivity index (χ2n) is 4.76. The van der Waals surface area contributed by atoms with Crippen molar-refractivity contribution in [2.75, 3.05) is 31.7 Å². The number of benzene rings is 1. The van der Waals surface area contributed by atoms with Crippen LogP contribution < -0.4 is 9.47 Å². The number of carbonyl (C=O) groups excluding carboxylic acids is 1. The van der Waals surface area contributed by atoms with E-state index in [1.807, 2.05) is 0 Å². The molecule has 2 rings (SSSR count). The van der Waals surface area contributed by atoms with E-state index in [0.29, 0.717) is 30.2 Å². The molecule has 0 radical (unpaired) electrons. The molecule has 1 amide bonds. The maximum Gasteiger partial charge on any atom is 0.387 e. The van der Waals surface area contributed by atoms with E-state index >= 15 is 0 Å². The molecule has 1 saturated heterocycles. The zero-order valence-corrected chi connectivity index (χ0v) is 13.4. The normalized spacial score (nSPS) is 16.1. The van der Waals surface area contributed by atoms with E-state index in [1.165, 1.54) is 25.3 Å². The van der Waals surface area contributed by atoms with Crippen LogP contribution in [0.1, 0.15) is 5.56 Å². The first-order valence-electron chi connectivity index (χ1n) is 6.95. The lowest BCUT2D eigenvalue weighted by Gasteiger charge is -2.25. The summed E-state index contributed by atoms with van der Waals surface area (Å²) in [5.74, 6) is 0.700.